The van der Waals surface area contributed by atoms with Gasteiger partial charge in [0.15, 0.2) is 0 Å². The second kappa shape index (κ2) is 4.69. The van der Waals surface area contributed by atoms with Crippen LogP contribution in [0.4, 0.5) is 0 Å². The van der Waals surface area contributed by atoms with Crippen LogP contribution in [0.5, 0.6) is 0 Å². The molecular formula is C9H12O. The van der Waals surface area contributed by atoms with Crippen molar-refractivity contribution in [1.82, 2.24) is 0 Å². The first-order valence-corrected chi connectivity index (χ1v) is 3.27. The van der Waals surface area contributed by atoms with Gasteiger partial charge in [0.05, 0.1) is 0 Å². The van der Waals surface area contributed by atoms with Gasteiger partial charge >= 0.3 is 0 Å². The Morgan fingerprint density at radius 3 is 2.60 bits per heavy atom. The average Bonchev–Trinajstić information content (AvgIpc) is 1.99. The second-order valence-corrected chi connectivity index (χ2v) is 1.88. The molecule has 0 unspecified atom stereocenters. The van der Waals surface area contributed by atoms with Gasteiger partial charge in [-0.25, -0.2) is 0 Å². The van der Waals surface area contributed by atoms with Gasteiger partial charge in [0.2, 0.25) is 0 Å². The van der Waals surface area contributed by atoms with Crippen molar-refractivity contribution in [2.45, 2.75) is 20.3 Å². The van der Waals surface area contributed by atoms with E-state index in [0.29, 0.717) is 0 Å². The van der Waals surface area contributed by atoms with Crippen molar-refractivity contribution in [3.63, 3.8) is 0 Å². The van der Waals surface area contributed by atoms with E-state index in [-0.39, 0.29) is 5.76 Å². The number of terminal acetylenes is 1. The highest BCUT2D eigenvalue weighted by atomic mass is 16.3. The van der Waals surface area contributed by atoms with Gasteiger partial charge in [-0.15, -0.1) is 6.42 Å². The molecule has 0 radical (unpaired) electrons. The largest absolute Gasteiger partial charge is 0.508 e. The maximum absolute atomic E-state index is 8.98. The van der Waals surface area contributed by atoms with E-state index in [0.717, 1.165) is 12.0 Å². The molecule has 1 heteroatoms. The summed E-state index contributed by atoms with van der Waals surface area (Å²) in [5.74, 6) is 2.71. The van der Waals surface area contributed by atoms with E-state index in [4.69, 9.17) is 11.5 Å². The van der Waals surface area contributed by atoms with E-state index in [1.807, 2.05) is 6.92 Å². The highest BCUT2D eigenvalue weighted by Gasteiger charge is 1.88. The summed E-state index contributed by atoms with van der Waals surface area (Å²) < 4.78 is 0. The Morgan fingerprint density at radius 1 is 1.70 bits per heavy atom. The fraction of sp³-hybridized carbons (Fsp3) is 0.333. The molecule has 10 heavy (non-hydrogen) atoms. The van der Waals surface area contributed by atoms with Crippen molar-refractivity contribution in [2.24, 2.45) is 0 Å². The zero-order valence-corrected chi connectivity index (χ0v) is 6.39. The third-order valence-corrected chi connectivity index (χ3v) is 1.18. The number of aliphatic hydroxyl groups excluding tert-OH is 1. The van der Waals surface area contributed by atoms with Crippen molar-refractivity contribution in [3.8, 4) is 12.3 Å². The third kappa shape index (κ3) is 2.99. The minimum absolute atomic E-state index is 0.231. The van der Waals surface area contributed by atoms with E-state index in [2.05, 4.69) is 5.92 Å². The van der Waals surface area contributed by atoms with Crippen LogP contribution in [-0.4, -0.2) is 5.11 Å². The Labute approximate surface area is 62.1 Å². The van der Waals surface area contributed by atoms with Crippen LogP contribution < -0.4 is 0 Å². The molecule has 0 spiro atoms. The van der Waals surface area contributed by atoms with Crippen molar-refractivity contribution >= 4 is 0 Å². The fourth-order valence-electron chi connectivity index (χ4n) is 0.508. The van der Waals surface area contributed by atoms with Gasteiger partial charge in [0.25, 0.3) is 0 Å². The molecular weight excluding hydrogens is 124 g/mol. The molecule has 0 aliphatic rings. The molecule has 1 nitrogen and oxygen atoms in total. The maximum Gasteiger partial charge on any atom is 0.112 e. The molecule has 0 bridgehead atoms. The second-order valence-electron chi connectivity index (χ2n) is 1.88. The zero-order valence-electron chi connectivity index (χ0n) is 6.39. The van der Waals surface area contributed by atoms with Crippen LogP contribution >= 0.6 is 0 Å². The highest BCUT2D eigenvalue weighted by molar-refractivity contribution is 5.30. The monoisotopic (exact) mass is 136 g/mol. The summed E-state index contributed by atoms with van der Waals surface area (Å²) in [4.78, 5) is 0. The predicted molar refractivity (Wildman–Crippen MR) is 43.6 cm³/mol. The van der Waals surface area contributed by atoms with Crippen molar-refractivity contribution in [2.75, 3.05) is 0 Å². The molecule has 1 N–H and O–H groups in total. The van der Waals surface area contributed by atoms with Crippen LogP contribution in [0, 0.1) is 12.3 Å². The maximum atomic E-state index is 8.98. The van der Waals surface area contributed by atoms with Crippen LogP contribution in [0.3, 0.4) is 0 Å². The normalized spacial score (nSPS) is 12.9. The summed E-state index contributed by atoms with van der Waals surface area (Å²) in [7, 11) is 0. The highest BCUT2D eigenvalue weighted by Crippen LogP contribution is 2.01. The molecule has 0 amide bonds. The van der Waals surface area contributed by atoms with Crippen LogP contribution in [0.2, 0.25) is 0 Å². The van der Waals surface area contributed by atoms with Gasteiger partial charge in [0, 0.05) is 5.57 Å². The van der Waals surface area contributed by atoms with E-state index < -0.39 is 0 Å². The Hall–Kier alpha value is -1.16. The van der Waals surface area contributed by atoms with Gasteiger partial charge in [-0.2, -0.15) is 0 Å². The van der Waals surface area contributed by atoms with Gasteiger partial charge in [-0.3, -0.25) is 0 Å². The van der Waals surface area contributed by atoms with Gasteiger partial charge < -0.3 is 5.11 Å². The topological polar surface area (TPSA) is 20.2 Å². The van der Waals surface area contributed by atoms with E-state index in [9.17, 15) is 0 Å². The predicted octanol–water partition coefficient (Wildman–Crippen LogP) is 2.42. The molecule has 54 valence electrons. The summed E-state index contributed by atoms with van der Waals surface area (Å²) in [5.41, 5.74) is 0.815. The molecule has 0 saturated heterocycles. The molecule has 0 aromatic heterocycles. The number of hydrogen-bond donors (Lipinski definition) is 1. The summed E-state index contributed by atoms with van der Waals surface area (Å²) in [6.45, 7) is 3.71. The van der Waals surface area contributed by atoms with Crippen LogP contribution in [-0.2, 0) is 0 Å². The Balaban J connectivity index is 4.29. The minimum atomic E-state index is 0.231. The summed E-state index contributed by atoms with van der Waals surface area (Å²) in [6, 6.07) is 0. The first kappa shape index (κ1) is 8.84. The van der Waals surface area contributed by atoms with Gasteiger partial charge in [0.1, 0.15) is 5.76 Å². The SMILES string of the molecule is C#C/C(=C\C(O)=C/C)CC. The number of hydrogen-bond acceptors (Lipinski definition) is 1. The lowest BCUT2D eigenvalue weighted by atomic mass is 10.2. The number of allylic oxidation sites excluding steroid dienone is 3. The Morgan fingerprint density at radius 2 is 2.30 bits per heavy atom. The van der Waals surface area contributed by atoms with Gasteiger partial charge in [-0.05, 0) is 25.5 Å². The smallest absolute Gasteiger partial charge is 0.112 e. The molecule has 0 rings (SSSR count). The Bertz CT molecular complexity index is 191. The Kier molecular flexibility index (Phi) is 4.15. The van der Waals surface area contributed by atoms with E-state index in [1.165, 1.54) is 0 Å². The molecule has 0 aliphatic carbocycles. The van der Waals surface area contributed by atoms with Crippen LogP contribution in [0.1, 0.15) is 20.3 Å². The lowest BCUT2D eigenvalue weighted by molar-refractivity contribution is 0.430. The summed E-state index contributed by atoms with van der Waals surface area (Å²) in [6.07, 6.45) is 9.12. The first-order valence-electron chi connectivity index (χ1n) is 3.27. The molecule has 0 atom stereocenters. The summed E-state index contributed by atoms with van der Waals surface area (Å²) in [5, 5.41) is 8.98. The lowest BCUT2D eigenvalue weighted by Gasteiger charge is -1.92. The number of rotatable bonds is 2. The lowest BCUT2D eigenvalue weighted by Crippen LogP contribution is -1.78. The van der Waals surface area contributed by atoms with Crippen LogP contribution in [0.15, 0.2) is 23.5 Å². The van der Waals surface area contributed by atoms with Gasteiger partial charge in [-0.1, -0.05) is 12.8 Å². The number of aliphatic hydroxyl groups is 1. The molecule has 0 saturated carbocycles. The first-order chi connectivity index (χ1) is 4.74. The van der Waals surface area contributed by atoms with E-state index in [1.54, 1.807) is 19.1 Å². The van der Waals surface area contributed by atoms with Crippen LogP contribution in [0.25, 0.3) is 0 Å². The van der Waals surface area contributed by atoms with Crippen molar-refractivity contribution < 1.29 is 5.11 Å². The van der Waals surface area contributed by atoms with Crippen molar-refractivity contribution in [3.05, 3.63) is 23.5 Å². The molecule has 0 aliphatic heterocycles. The molecule has 0 heterocycles. The molecule has 0 aromatic rings. The van der Waals surface area contributed by atoms with Crippen molar-refractivity contribution in [1.29, 1.82) is 0 Å². The quantitative estimate of drug-likeness (QED) is 0.351. The van der Waals surface area contributed by atoms with E-state index >= 15 is 0 Å². The standard InChI is InChI=1S/C9H12O/c1-4-8(5-2)7-9(10)6-3/h1,6-7,10H,5H2,2-3H3/b8-7+,9-6+. The summed E-state index contributed by atoms with van der Waals surface area (Å²) >= 11 is 0. The fourth-order valence-corrected chi connectivity index (χ4v) is 0.508. The average molecular weight is 136 g/mol. The third-order valence-electron chi connectivity index (χ3n) is 1.18. The minimum Gasteiger partial charge on any atom is -0.508 e. The molecule has 0 aromatic carbocycles. The molecule has 0 fully saturated rings. The zero-order chi connectivity index (χ0) is 7.98.